The maximum atomic E-state index is 12.6. The van der Waals surface area contributed by atoms with Gasteiger partial charge in [-0.05, 0) is 38.2 Å². The predicted molar refractivity (Wildman–Crippen MR) is 80.0 cm³/mol. The van der Waals surface area contributed by atoms with E-state index in [2.05, 4.69) is 4.98 Å². The Morgan fingerprint density at radius 2 is 2.10 bits per heavy atom. The van der Waals surface area contributed by atoms with Crippen molar-refractivity contribution in [2.75, 3.05) is 6.61 Å². The number of esters is 1. The van der Waals surface area contributed by atoms with Crippen molar-refractivity contribution in [3.8, 4) is 0 Å². The number of nitrogens with zero attached hydrogens (tertiary/aromatic N) is 1. The minimum Gasteiger partial charge on any atom is -0.465 e. The van der Waals surface area contributed by atoms with Crippen molar-refractivity contribution < 1.29 is 9.53 Å². The average Bonchev–Trinajstić information content (AvgIpc) is 2.81. The molecule has 3 rings (SSSR count). The Kier molecular flexibility index (Phi) is 3.67. The molecule has 0 saturated heterocycles. The van der Waals surface area contributed by atoms with Crippen molar-refractivity contribution in [1.29, 1.82) is 0 Å². The molecule has 0 fully saturated rings. The summed E-state index contributed by atoms with van der Waals surface area (Å²) in [4.78, 5) is 40.6. The molecule has 0 amide bonds. The number of aromatic amines is 1. The molecule has 0 spiro atoms. The van der Waals surface area contributed by atoms with Crippen LogP contribution in [0.4, 0.5) is 0 Å². The normalized spacial score (nSPS) is 14.1. The Hall–Kier alpha value is -1.89. The van der Waals surface area contributed by atoms with E-state index < -0.39 is 11.7 Å². The van der Waals surface area contributed by atoms with Gasteiger partial charge in [0.05, 0.1) is 12.0 Å². The van der Waals surface area contributed by atoms with E-state index in [9.17, 15) is 14.4 Å². The van der Waals surface area contributed by atoms with Crippen LogP contribution in [-0.2, 0) is 28.9 Å². The van der Waals surface area contributed by atoms with Gasteiger partial charge in [-0.2, -0.15) is 0 Å². The molecule has 2 aromatic rings. The lowest BCUT2D eigenvalue weighted by Crippen LogP contribution is -2.37. The van der Waals surface area contributed by atoms with Crippen LogP contribution in [0, 0.1) is 0 Å². The quantitative estimate of drug-likeness (QED) is 0.864. The summed E-state index contributed by atoms with van der Waals surface area (Å²) in [5.74, 6) is -0.575. The Morgan fingerprint density at radius 3 is 2.86 bits per heavy atom. The zero-order valence-corrected chi connectivity index (χ0v) is 12.5. The van der Waals surface area contributed by atoms with E-state index in [1.54, 1.807) is 6.92 Å². The number of thiophene rings is 1. The summed E-state index contributed by atoms with van der Waals surface area (Å²) in [6, 6.07) is 0. The molecule has 0 unspecified atom stereocenters. The minimum absolute atomic E-state index is 0.224. The lowest BCUT2D eigenvalue weighted by molar-refractivity contribution is -0.143. The van der Waals surface area contributed by atoms with E-state index in [4.69, 9.17) is 4.74 Å². The number of fused-ring (bicyclic) bond motifs is 3. The van der Waals surface area contributed by atoms with E-state index in [0.717, 1.165) is 35.8 Å². The molecule has 21 heavy (non-hydrogen) atoms. The van der Waals surface area contributed by atoms with Crippen LogP contribution in [0.25, 0.3) is 10.2 Å². The number of carbonyl (C=O) groups excluding carboxylic acids is 1. The van der Waals surface area contributed by atoms with Crippen molar-refractivity contribution in [2.24, 2.45) is 0 Å². The number of ether oxygens (including phenoxy) is 1. The number of nitrogens with one attached hydrogen (secondary N) is 1. The van der Waals surface area contributed by atoms with E-state index in [-0.39, 0.29) is 18.7 Å². The molecule has 0 radical (unpaired) electrons. The molecule has 2 heterocycles. The third kappa shape index (κ3) is 2.42. The van der Waals surface area contributed by atoms with Crippen LogP contribution in [0.2, 0.25) is 0 Å². The van der Waals surface area contributed by atoms with Gasteiger partial charge < -0.3 is 4.74 Å². The summed E-state index contributed by atoms with van der Waals surface area (Å²) in [6.07, 6.45) is 3.97. The molecule has 0 atom stereocenters. The molecular weight excluding hydrogens is 292 g/mol. The zero-order valence-electron chi connectivity index (χ0n) is 11.7. The molecule has 0 aliphatic heterocycles. The largest absolute Gasteiger partial charge is 0.465 e. The summed E-state index contributed by atoms with van der Waals surface area (Å²) in [5, 5.41) is 0.568. The second-order valence-corrected chi connectivity index (χ2v) is 6.15. The smallest absolute Gasteiger partial charge is 0.329 e. The van der Waals surface area contributed by atoms with Gasteiger partial charge in [0.2, 0.25) is 0 Å². The van der Waals surface area contributed by atoms with E-state index in [1.807, 2.05) is 0 Å². The van der Waals surface area contributed by atoms with E-state index >= 15 is 0 Å². The highest BCUT2D eigenvalue weighted by Crippen LogP contribution is 2.32. The number of aromatic nitrogens is 2. The van der Waals surface area contributed by atoms with Gasteiger partial charge in [-0.3, -0.25) is 14.6 Å². The number of hydrogen-bond acceptors (Lipinski definition) is 5. The van der Waals surface area contributed by atoms with Crippen LogP contribution < -0.4 is 11.2 Å². The molecule has 1 N–H and O–H groups in total. The first kappa shape index (κ1) is 14.1. The van der Waals surface area contributed by atoms with Gasteiger partial charge in [-0.1, -0.05) is 0 Å². The fraction of sp³-hybridized carbons (Fsp3) is 0.500. The maximum Gasteiger partial charge on any atom is 0.329 e. The van der Waals surface area contributed by atoms with Gasteiger partial charge in [-0.25, -0.2) is 9.36 Å². The fourth-order valence-electron chi connectivity index (χ4n) is 2.75. The Labute approximate surface area is 124 Å². The number of H-pyrrole nitrogens is 1. The van der Waals surface area contributed by atoms with Crippen LogP contribution in [0.15, 0.2) is 9.59 Å². The summed E-state index contributed by atoms with van der Waals surface area (Å²) in [7, 11) is 0. The minimum atomic E-state index is -0.575. The Morgan fingerprint density at radius 1 is 1.33 bits per heavy atom. The lowest BCUT2D eigenvalue weighted by atomic mass is 9.97. The molecule has 1 aliphatic rings. The zero-order chi connectivity index (χ0) is 15.0. The maximum absolute atomic E-state index is 12.6. The van der Waals surface area contributed by atoms with Gasteiger partial charge in [0, 0.05) is 4.88 Å². The monoisotopic (exact) mass is 308 g/mol. The van der Waals surface area contributed by atoms with Crippen LogP contribution >= 0.6 is 11.3 Å². The first-order valence-electron chi connectivity index (χ1n) is 7.04. The summed E-state index contributed by atoms with van der Waals surface area (Å²) in [5.41, 5.74) is 0.0976. The second kappa shape index (κ2) is 5.48. The van der Waals surface area contributed by atoms with Gasteiger partial charge in [0.15, 0.2) is 0 Å². The molecule has 0 bridgehead atoms. The lowest BCUT2D eigenvalue weighted by Gasteiger charge is -2.10. The van der Waals surface area contributed by atoms with Crippen LogP contribution in [0.3, 0.4) is 0 Å². The van der Waals surface area contributed by atoms with Crippen LogP contribution in [-0.4, -0.2) is 22.1 Å². The molecule has 112 valence electrons. The molecular formula is C14H16N2O4S. The molecule has 6 nitrogen and oxygen atoms in total. The molecule has 0 aromatic carbocycles. The highest BCUT2D eigenvalue weighted by molar-refractivity contribution is 7.18. The molecule has 7 heteroatoms. The van der Waals surface area contributed by atoms with Crippen molar-refractivity contribution in [3.63, 3.8) is 0 Å². The van der Waals surface area contributed by atoms with E-state index in [0.29, 0.717) is 10.2 Å². The number of hydrogen-bond donors (Lipinski definition) is 1. The van der Waals surface area contributed by atoms with Crippen LogP contribution in [0.1, 0.15) is 30.2 Å². The summed E-state index contributed by atoms with van der Waals surface area (Å²) < 4.78 is 5.75. The SMILES string of the molecule is CCOC(=O)Cn1c(=O)[nH]c2sc3c(c2c1=O)CCCC3. The van der Waals surface area contributed by atoms with Gasteiger partial charge >= 0.3 is 11.7 Å². The number of aryl methyl sites for hydroxylation is 2. The fourth-order valence-corrected chi connectivity index (χ4v) is 4.02. The van der Waals surface area contributed by atoms with E-state index in [1.165, 1.54) is 16.2 Å². The average molecular weight is 308 g/mol. The third-order valence-electron chi connectivity index (χ3n) is 3.69. The highest BCUT2D eigenvalue weighted by atomic mass is 32.1. The van der Waals surface area contributed by atoms with Crippen molar-refractivity contribution in [3.05, 3.63) is 31.3 Å². The van der Waals surface area contributed by atoms with Crippen molar-refractivity contribution >= 4 is 27.5 Å². The topological polar surface area (TPSA) is 81.2 Å². The van der Waals surface area contributed by atoms with Crippen LogP contribution in [0.5, 0.6) is 0 Å². The number of carbonyl (C=O) groups is 1. The van der Waals surface area contributed by atoms with Gasteiger partial charge in [-0.15, -0.1) is 11.3 Å². The van der Waals surface area contributed by atoms with Crippen molar-refractivity contribution in [2.45, 2.75) is 39.2 Å². The van der Waals surface area contributed by atoms with Crippen molar-refractivity contribution in [1.82, 2.24) is 9.55 Å². The number of rotatable bonds is 3. The molecule has 0 saturated carbocycles. The van der Waals surface area contributed by atoms with Gasteiger partial charge in [0.25, 0.3) is 5.56 Å². The molecule has 1 aliphatic carbocycles. The Bertz CT molecular complexity index is 815. The summed E-state index contributed by atoms with van der Waals surface area (Å²) >= 11 is 1.48. The van der Waals surface area contributed by atoms with Gasteiger partial charge in [0.1, 0.15) is 11.4 Å². The standard InChI is InChI=1S/C14H16N2O4S/c1-2-20-10(17)7-16-13(18)11-8-5-3-4-6-9(8)21-12(11)15-14(16)19/h2-7H2,1H3,(H,15,19). The first-order chi connectivity index (χ1) is 10.1. The predicted octanol–water partition coefficient (Wildman–Crippen LogP) is 1.19. The highest BCUT2D eigenvalue weighted by Gasteiger charge is 2.21. The Balaban J connectivity index is 2.16. The molecule has 2 aromatic heterocycles. The second-order valence-electron chi connectivity index (χ2n) is 5.04. The summed E-state index contributed by atoms with van der Waals surface area (Å²) in [6.45, 7) is 1.56. The third-order valence-corrected chi connectivity index (χ3v) is 4.90. The first-order valence-corrected chi connectivity index (χ1v) is 7.86.